The highest BCUT2D eigenvalue weighted by Crippen LogP contribution is 2.20. The first kappa shape index (κ1) is 10.0. The van der Waals surface area contributed by atoms with E-state index in [0.717, 1.165) is 6.07 Å². The molecule has 0 spiro atoms. The number of hydrogen-bond donors (Lipinski definition) is 1. The first-order valence-electron chi connectivity index (χ1n) is 3.26. The fraction of sp³-hybridized carbons (Fsp3) is 0.143. The molecule has 0 unspecified atom stereocenters. The highest BCUT2D eigenvalue weighted by atomic mass is 79.9. The van der Waals surface area contributed by atoms with Crippen LogP contribution in [0.1, 0.15) is 22.5 Å². The molecule has 0 aliphatic rings. The van der Waals surface area contributed by atoms with Crippen LogP contribution in [0.2, 0.25) is 0 Å². The van der Waals surface area contributed by atoms with E-state index in [1.165, 1.54) is 6.07 Å². The normalized spacial score (nSPS) is 10.5. The molecule has 0 saturated carbocycles. The number of halogens is 3. The summed E-state index contributed by atoms with van der Waals surface area (Å²) in [6.45, 7) is 0. The molecule has 0 bridgehead atoms. The van der Waals surface area contributed by atoms with Gasteiger partial charge in [0.1, 0.15) is 10.3 Å². The fourth-order valence-corrected chi connectivity index (χ4v) is 1.22. The molecule has 0 atom stereocenters. The minimum absolute atomic E-state index is 0.0113. The van der Waals surface area contributed by atoms with E-state index in [1.54, 1.807) is 0 Å². The molecule has 1 amide bonds. The molecule has 1 rings (SSSR count). The number of pyridine rings is 1. The third kappa shape index (κ3) is 2.45. The second-order valence-electron chi connectivity index (χ2n) is 2.27. The lowest BCUT2D eigenvalue weighted by Crippen LogP contribution is -2.12. The van der Waals surface area contributed by atoms with E-state index in [0.29, 0.717) is 0 Å². The number of hydrogen-bond acceptors (Lipinski definition) is 2. The number of primary amides is 1. The van der Waals surface area contributed by atoms with Crippen LogP contribution in [0.15, 0.2) is 16.7 Å². The van der Waals surface area contributed by atoms with Gasteiger partial charge < -0.3 is 5.73 Å². The van der Waals surface area contributed by atoms with Crippen molar-refractivity contribution in [2.24, 2.45) is 5.73 Å². The molecule has 0 fully saturated rings. The van der Waals surface area contributed by atoms with E-state index in [-0.39, 0.29) is 10.2 Å². The number of nitrogens with zero attached hydrogens (tertiary/aromatic N) is 1. The lowest BCUT2D eigenvalue weighted by molar-refractivity contribution is 0.0999. The van der Waals surface area contributed by atoms with Crippen LogP contribution in [0.5, 0.6) is 0 Å². The maximum atomic E-state index is 12.2. The topological polar surface area (TPSA) is 56.0 Å². The van der Waals surface area contributed by atoms with Crippen LogP contribution in [-0.4, -0.2) is 10.9 Å². The summed E-state index contributed by atoms with van der Waals surface area (Å²) >= 11 is 2.90. The summed E-state index contributed by atoms with van der Waals surface area (Å²) in [5.41, 5.74) is 4.46. The monoisotopic (exact) mass is 250 g/mol. The zero-order chi connectivity index (χ0) is 10.0. The highest BCUT2D eigenvalue weighted by Gasteiger charge is 2.12. The van der Waals surface area contributed by atoms with Crippen LogP contribution in [0.3, 0.4) is 0 Å². The van der Waals surface area contributed by atoms with E-state index in [1.807, 2.05) is 0 Å². The fourth-order valence-electron chi connectivity index (χ4n) is 0.771. The lowest BCUT2D eigenvalue weighted by atomic mass is 10.2. The van der Waals surface area contributed by atoms with Gasteiger partial charge in [-0.25, -0.2) is 13.8 Å². The minimum atomic E-state index is -2.71. The summed E-state index contributed by atoms with van der Waals surface area (Å²) in [4.78, 5) is 14.1. The molecule has 2 N–H and O–H groups in total. The van der Waals surface area contributed by atoms with Gasteiger partial charge in [0.2, 0.25) is 5.91 Å². The third-order valence-electron chi connectivity index (χ3n) is 1.32. The molecule has 1 aromatic rings. The van der Waals surface area contributed by atoms with E-state index in [4.69, 9.17) is 5.73 Å². The molecule has 70 valence electrons. The lowest BCUT2D eigenvalue weighted by Gasteiger charge is -2.01. The molecule has 0 aliphatic carbocycles. The molecule has 3 nitrogen and oxygen atoms in total. The van der Waals surface area contributed by atoms with Crippen LogP contribution in [0, 0.1) is 0 Å². The summed E-state index contributed by atoms with van der Waals surface area (Å²) in [5.74, 6) is -0.759. The van der Waals surface area contributed by atoms with E-state index >= 15 is 0 Å². The van der Waals surface area contributed by atoms with Crippen LogP contribution >= 0.6 is 15.9 Å². The smallest absolute Gasteiger partial charge is 0.280 e. The second kappa shape index (κ2) is 3.78. The summed E-state index contributed by atoms with van der Waals surface area (Å²) in [6, 6.07) is 2.26. The van der Waals surface area contributed by atoms with E-state index in [2.05, 4.69) is 20.9 Å². The number of carbonyl (C=O) groups is 1. The molecular formula is C7H5BrF2N2O. The maximum Gasteiger partial charge on any atom is 0.280 e. The van der Waals surface area contributed by atoms with E-state index in [9.17, 15) is 13.6 Å². The molecule has 1 heterocycles. The van der Waals surface area contributed by atoms with Gasteiger partial charge in [-0.05, 0) is 28.1 Å². The summed E-state index contributed by atoms with van der Waals surface area (Å²) in [7, 11) is 0. The van der Waals surface area contributed by atoms with Crippen molar-refractivity contribution in [3.63, 3.8) is 0 Å². The Morgan fingerprint density at radius 2 is 2.15 bits per heavy atom. The van der Waals surface area contributed by atoms with Crippen molar-refractivity contribution in [1.29, 1.82) is 0 Å². The molecule has 0 saturated heterocycles. The standard InChI is InChI=1S/C7H5BrF2N2O/c8-5-2-3(7(11)13)1-4(12-5)6(9)10/h1-2,6H,(H2,11,13). The van der Waals surface area contributed by atoms with E-state index < -0.39 is 18.0 Å². The van der Waals surface area contributed by atoms with Gasteiger partial charge in [0.15, 0.2) is 0 Å². The Morgan fingerprint density at radius 3 is 2.62 bits per heavy atom. The number of alkyl halides is 2. The molecule has 0 radical (unpaired) electrons. The quantitative estimate of drug-likeness (QED) is 0.816. The van der Waals surface area contributed by atoms with Gasteiger partial charge in [0.05, 0.1) is 0 Å². The number of aromatic nitrogens is 1. The van der Waals surface area contributed by atoms with Crippen molar-refractivity contribution in [1.82, 2.24) is 4.98 Å². The third-order valence-corrected chi connectivity index (χ3v) is 1.73. The molecule has 6 heteroatoms. The average molecular weight is 251 g/mol. The van der Waals surface area contributed by atoms with Gasteiger partial charge in [-0.1, -0.05) is 0 Å². The van der Waals surface area contributed by atoms with Crippen LogP contribution < -0.4 is 5.73 Å². The Morgan fingerprint density at radius 1 is 1.54 bits per heavy atom. The molecule has 0 aromatic carbocycles. The summed E-state index contributed by atoms with van der Waals surface area (Å²) in [6.07, 6.45) is -2.71. The Balaban J connectivity index is 3.19. The van der Waals surface area contributed by atoms with Gasteiger partial charge in [-0.2, -0.15) is 0 Å². The van der Waals surface area contributed by atoms with Gasteiger partial charge in [-0.3, -0.25) is 4.79 Å². The van der Waals surface area contributed by atoms with Gasteiger partial charge >= 0.3 is 0 Å². The van der Waals surface area contributed by atoms with Crippen molar-refractivity contribution < 1.29 is 13.6 Å². The first-order chi connectivity index (χ1) is 6.00. The Bertz CT molecular complexity index is 343. The molecule has 1 aromatic heterocycles. The molecule has 13 heavy (non-hydrogen) atoms. The predicted octanol–water partition coefficient (Wildman–Crippen LogP) is 1.88. The average Bonchev–Trinajstić information content (AvgIpc) is 2.03. The van der Waals surface area contributed by atoms with Crippen LogP contribution in [-0.2, 0) is 0 Å². The first-order valence-corrected chi connectivity index (χ1v) is 4.05. The molecular weight excluding hydrogens is 246 g/mol. The number of amides is 1. The van der Waals surface area contributed by atoms with Gasteiger partial charge in [0, 0.05) is 5.56 Å². The van der Waals surface area contributed by atoms with Crippen molar-refractivity contribution in [3.05, 3.63) is 28.0 Å². The number of carbonyl (C=O) groups excluding carboxylic acids is 1. The molecule has 0 aliphatic heterocycles. The maximum absolute atomic E-state index is 12.2. The highest BCUT2D eigenvalue weighted by molar-refractivity contribution is 9.10. The summed E-state index contributed by atoms with van der Waals surface area (Å²) < 4.78 is 24.5. The number of nitrogens with two attached hydrogens (primary N) is 1. The van der Waals surface area contributed by atoms with Crippen LogP contribution in [0.25, 0.3) is 0 Å². The Labute approximate surface area is 81.1 Å². The SMILES string of the molecule is NC(=O)c1cc(Br)nc(C(F)F)c1. The van der Waals surface area contributed by atoms with Crippen molar-refractivity contribution in [2.75, 3.05) is 0 Å². The zero-order valence-electron chi connectivity index (χ0n) is 6.30. The van der Waals surface area contributed by atoms with Crippen molar-refractivity contribution >= 4 is 21.8 Å². The van der Waals surface area contributed by atoms with Gasteiger partial charge in [0.25, 0.3) is 6.43 Å². The zero-order valence-corrected chi connectivity index (χ0v) is 7.88. The largest absolute Gasteiger partial charge is 0.366 e. The number of rotatable bonds is 2. The van der Waals surface area contributed by atoms with Crippen molar-refractivity contribution in [2.45, 2.75) is 6.43 Å². The van der Waals surface area contributed by atoms with Gasteiger partial charge in [-0.15, -0.1) is 0 Å². The Hall–Kier alpha value is -1.04. The summed E-state index contributed by atoms with van der Waals surface area (Å²) in [5, 5.41) is 0. The van der Waals surface area contributed by atoms with Crippen molar-refractivity contribution in [3.8, 4) is 0 Å². The predicted molar refractivity (Wildman–Crippen MR) is 45.4 cm³/mol. The second-order valence-corrected chi connectivity index (χ2v) is 3.08. The van der Waals surface area contributed by atoms with Crippen LogP contribution in [0.4, 0.5) is 8.78 Å². The minimum Gasteiger partial charge on any atom is -0.366 e. The Kier molecular flexibility index (Phi) is 2.92.